The van der Waals surface area contributed by atoms with E-state index in [-0.39, 0.29) is 33.6 Å². The number of aromatic carboxylic acids is 1. The fourth-order valence-electron chi connectivity index (χ4n) is 3.28. The number of ketones is 1. The number of carboxylic acid groups (broad SMARTS) is 1. The van der Waals surface area contributed by atoms with E-state index in [9.17, 15) is 19.2 Å². The fourth-order valence-corrected chi connectivity index (χ4v) is 3.28. The minimum Gasteiger partial charge on any atom is -0.478 e. The first-order chi connectivity index (χ1) is 14.4. The maximum Gasteiger partial charge on any atom is 0.335 e. The zero-order valence-corrected chi connectivity index (χ0v) is 15.5. The van der Waals surface area contributed by atoms with Crippen LogP contribution in [0.3, 0.4) is 0 Å². The van der Waals surface area contributed by atoms with Gasteiger partial charge in [0, 0.05) is 16.7 Å². The van der Waals surface area contributed by atoms with Crippen molar-refractivity contribution in [1.82, 2.24) is 0 Å². The molecule has 0 aliphatic carbocycles. The number of nitrogens with zero attached hydrogens (tertiary/aromatic N) is 1. The Labute approximate surface area is 171 Å². The molecule has 2 amide bonds. The molecule has 6 nitrogen and oxygen atoms in total. The monoisotopic (exact) mass is 395 g/mol. The molecule has 144 valence electrons. The van der Waals surface area contributed by atoms with Crippen LogP contribution in [-0.4, -0.2) is 28.7 Å². The number of carbonyl (C=O) groups is 4. The van der Waals surface area contributed by atoms with Gasteiger partial charge in [-0.1, -0.05) is 30.2 Å². The number of fused-ring (bicyclic) bond motifs is 1. The third-order valence-electron chi connectivity index (χ3n) is 4.81. The number of anilines is 1. The van der Waals surface area contributed by atoms with Crippen LogP contribution in [0.15, 0.2) is 66.7 Å². The molecule has 0 saturated carbocycles. The molecule has 0 unspecified atom stereocenters. The average molecular weight is 395 g/mol. The number of carbonyl (C=O) groups excluding carboxylic acids is 3. The first-order valence-corrected chi connectivity index (χ1v) is 8.88. The van der Waals surface area contributed by atoms with Crippen LogP contribution in [0.25, 0.3) is 0 Å². The van der Waals surface area contributed by atoms with Gasteiger partial charge in [0.1, 0.15) is 0 Å². The summed E-state index contributed by atoms with van der Waals surface area (Å²) in [7, 11) is 0. The molecule has 0 atom stereocenters. The quantitative estimate of drug-likeness (QED) is 0.415. The Bertz CT molecular complexity index is 1280. The summed E-state index contributed by atoms with van der Waals surface area (Å²) in [4.78, 5) is 50.5. The lowest BCUT2D eigenvalue weighted by atomic mass is 9.98. The number of benzene rings is 3. The first kappa shape index (κ1) is 18.8. The van der Waals surface area contributed by atoms with Crippen LogP contribution >= 0.6 is 0 Å². The Morgan fingerprint density at radius 2 is 1.43 bits per heavy atom. The van der Waals surface area contributed by atoms with Crippen molar-refractivity contribution >= 4 is 29.3 Å². The van der Waals surface area contributed by atoms with E-state index < -0.39 is 17.8 Å². The highest BCUT2D eigenvalue weighted by atomic mass is 16.4. The van der Waals surface area contributed by atoms with Crippen molar-refractivity contribution in [1.29, 1.82) is 0 Å². The highest BCUT2D eigenvalue weighted by Crippen LogP contribution is 2.30. The topological polar surface area (TPSA) is 91.8 Å². The van der Waals surface area contributed by atoms with E-state index in [1.807, 2.05) is 0 Å². The van der Waals surface area contributed by atoms with Gasteiger partial charge in [-0.05, 0) is 42.5 Å². The third kappa shape index (κ3) is 3.05. The van der Waals surface area contributed by atoms with Crippen molar-refractivity contribution in [2.45, 2.75) is 0 Å². The predicted octanol–water partition coefficient (Wildman–Crippen LogP) is 3.40. The Hall–Kier alpha value is -4.50. The molecule has 0 spiro atoms. The molecule has 4 rings (SSSR count). The zero-order valence-electron chi connectivity index (χ0n) is 15.5. The average Bonchev–Trinajstić information content (AvgIpc) is 3.02. The predicted molar refractivity (Wildman–Crippen MR) is 109 cm³/mol. The smallest absolute Gasteiger partial charge is 0.335 e. The molecule has 1 N–H and O–H groups in total. The molecular weight excluding hydrogens is 382 g/mol. The molecule has 3 aromatic carbocycles. The lowest BCUT2D eigenvalue weighted by Crippen LogP contribution is -2.29. The number of amides is 2. The van der Waals surface area contributed by atoms with Gasteiger partial charge in [-0.15, -0.1) is 6.42 Å². The van der Waals surface area contributed by atoms with Gasteiger partial charge >= 0.3 is 5.97 Å². The number of rotatable bonds is 4. The molecule has 0 fully saturated rings. The SMILES string of the molecule is C#Cc1cccc(N2C(=O)c3ccc(C(=O)c4ccc(C(=O)O)cc4)cc3C2=O)c1. The second kappa shape index (κ2) is 7.15. The van der Waals surface area contributed by atoms with Crippen molar-refractivity contribution < 1.29 is 24.3 Å². The lowest BCUT2D eigenvalue weighted by molar-refractivity contribution is 0.0695. The Kier molecular flexibility index (Phi) is 4.49. The van der Waals surface area contributed by atoms with Crippen LogP contribution in [0, 0.1) is 12.3 Å². The van der Waals surface area contributed by atoms with Crippen molar-refractivity contribution in [3.05, 3.63) is 100 Å². The highest BCUT2D eigenvalue weighted by molar-refractivity contribution is 6.35. The summed E-state index contributed by atoms with van der Waals surface area (Å²) in [5.74, 6) is -0.0485. The van der Waals surface area contributed by atoms with Gasteiger partial charge in [0.2, 0.25) is 0 Å². The van der Waals surface area contributed by atoms with Crippen LogP contribution in [0.2, 0.25) is 0 Å². The van der Waals surface area contributed by atoms with E-state index in [1.165, 1.54) is 42.5 Å². The van der Waals surface area contributed by atoms with Crippen molar-refractivity contribution in [3.63, 3.8) is 0 Å². The number of hydrogen-bond donors (Lipinski definition) is 1. The van der Waals surface area contributed by atoms with E-state index in [4.69, 9.17) is 11.5 Å². The number of terminal acetylenes is 1. The maximum atomic E-state index is 12.9. The molecule has 1 aliphatic heterocycles. The summed E-state index contributed by atoms with van der Waals surface area (Å²) < 4.78 is 0. The summed E-state index contributed by atoms with van der Waals surface area (Å²) in [6.07, 6.45) is 5.40. The van der Waals surface area contributed by atoms with Crippen molar-refractivity contribution in [3.8, 4) is 12.3 Å². The maximum absolute atomic E-state index is 12.9. The van der Waals surface area contributed by atoms with E-state index in [0.717, 1.165) is 4.90 Å². The summed E-state index contributed by atoms with van der Waals surface area (Å²) in [6.45, 7) is 0. The van der Waals surface area contributed by atoms with Crippen molar-refractivity contribution in [2.75, 3.05) is 4.90 Å². The van der Waals surface area contributed by atoms with Gasteiger partial charge in [0.25, 0.3) is 11.8 Å². The molecule has 0 aromatic heterocycles. The van der Waals surface area contributed by atoms with E-state index in [1.54, 1.807) is 24.3 Å². The zero-order chi connectivity index (χ0) is 21.4. The second-order valence-corrected chi connectivity index (χ2v) is 6.61. The number of imide groups is 1. The van der Waals surface area contributed by atoms with Crippen LogP contribution < -0.4 is 4.90 Å². The third-order valence-corrected chi connectivity index (χ3v) is 4.81. The van der Waals surface area contributed by atoms with Gasteiger partial charge in [0.05, 0.1) is 22.4 Å². The second-order valence-electron chi connectivity index (χ2n) is 6.61. The first-order valence-electron chi connectivity index (χ1n) is 8.88. The lowest BCUT2D eigenvalue weighted by Gasteiger charge is -2.13. The van der Waals surface area contributed by atoms with Crippen LogP contribution in [0.5, 0.6) is 0 Å². The number of carboxylic acids is 1. The van der Waals surface area contributed by atoms with Crippen molar-refractivity contribution in [2.24, 2.45) is 0 Å². The minimum atomic E-state index is -1.09. The van der Waals surface area contributed by atoms with Crippen LogP contribution in [0.1, 0.15) is 52.6 Å². The molecular formula is C24H13NO5. The Balaban J connectivity index is 1.68. The summed E-state index contributed by atoms with van der Waals surface area (Å²) in [5.41, 5.74) is 1.76. The van der Waals surface area contributed by atoms with E-state index in [2.05, 4.69) is 5.92 Å². The minimum absolute atomic E-state index is 0.0612. The fraction of sp³-hybridized carbons (Fsp3) is 0. The molecule has 1 heterocycles. The number of hydrogen-bond acceptors (Lipinski definition) is 4. The summed E-state index contributed by atoms with van der Waals surface area (Å²) in [6, 6.07) is 16.3. The molecule has 0 bridgehead atoms. The molecule has 3 aromatic rings. The molecule has 0 saturated heterocycles. The van der Waals surface area contributed by atoms with E-state index >= 15 is 0 Å². The standard InChI is InChI=1S/C24H13NO5/c1-2-14-4-3-5-18(12-14)25-22(27)19-11-10-17(13-20(19)23(25)28)21(26)15-6-8-16(9-7-15)24(29)30/h1,3-13H,(H,29,30). The molecule has 0 radical (unpaired) electrons. The van der Waals surface area contributed by atoms with Gasteiger partial charge in [-0.25, -0.2) is 9.69 Å². The summed E-state index contributed by atoms with van der Waals surface area (Å²) >= 11 is 0. The Morgan fingerprint density at radius 1 is 0.800 bits per heavy atom. The Morgan fingerprint density at radius 3 is 2.10 bits per heavy atom. The molecule has 6 heteroatoms. The van der Waals surface area contributed by atoms with Gasteiger partial charge in [-0.3, -0.25) is 14.4 Å². The van der Waals surface area contributed by atoms with Crippen LogP contribution in [0.4, 0.5) is 5.69 Å². The van der Waals surface area contributed by atoms with E-state index in [0.29, 0.717) is 11.3 Å². The highest BCUT2D eigenvalue weighted by Gasteiger charge is 2.37. The normalized spacial score (nSPS) is 12.4. The van der Waals surface area contributed by atoms with Gasteiger partial charge in [0.15, 0.2) is 5.78 Å². The summed E-state index contributed by atoms with van der Waals surface area (Å²) in [5, 5.41) is 8.97. The molecule has 1 aliphatic rings. The van der Waals surface area contributed by atoms with Crippen LogP contribution in [-0.2, 0) is 0 Å². The largest absolute Gasteiger partial charge is 0.478 e. The molecule has 30 heavy (non-hydrogen) atoms. The van der Waals surface area contributed by atoms with Gasteiger partial charge in [-0.2, -0.15) is 0 Å². The van der Waals surface area contributed by atoms with Gasteiger partial charge < -0.3 is 5.11 Å².